The van der Waals surface area contributed by atoms with E-state index < -0.39 is 23.6 Å². The predicted octanol–water partition coefficient (Wildman–Crippen LogP) is 3.35. The third-order valence-corrected chi connectivity index (χ3v) is 3.81. The SMILES string of the molecule is CCCCCCOc1cccc2c1C(=O)C(OC(=O)CC)C2=O. The van der Waals surface area contributed by atoms with Crippen LogP contribution in [0.2, 0.25) is 0 Å². The molecule has 23 heavy (non-hydrogen) atoms. The molecule has 0 heterocycles. The molecule has 0 aliphatic heterocycles. The van der Waals surface area contributed by atoms with Crippen LogP contribution in [0.4, 0.5) is 0 Å². The van der Waals surface area contributed by atoms with E-state index in [0.717, 1.165) is 25.7 Å². The van der Waals surface area contributed by atoms with Crippen molar-refractivity contribution >= 4 is 17.5 Å². The molecular weight excluding hydrogens is 296 g/mol. The molecule has 0 saturated carbocycles. The molecule has 5 heteroatoms. The third kappa shape index (κ3) is 3.78. The van der Waals surface area contributed by atoms with Gasteiger partial charge in [0.1, 0.15) is 5.75 Å². The number of unbranched alkanes of at least 4 members (excludes halogenated alkanes) is 3. The zero-order valence-electron chi connectivity index (χ0n) is 13.6. The van der Waals surface area contributed by atoms with E-state index in [1.165, 1.54) is 0 Å². The topological polar surface area (TPSA) is 69.7 Å². The van der Waals surface area contributed by atoms with E-state index in [0.29, 0.717) is 12.4 Å². The van der Waals surface area contributed by atoms with Crippen LogP contribution in [0.15, 0.2) is 18.2 Å². The Morgan fingerprint density at radius 2 is 1.87 bits per heavy atom. The van der Waals surface area contributed by atoms with Crippen molar-refractivity contribution in [1.82, 2.24) is 0 Å². The molecule has 0 saturated heterocycles. The largest absolute Gasteiger partial charge is 0.493 e. The van der Waals surface area contributed by atoms with Crippen molar-refractivity contribution in [2.45, 2.75) is 52.1 Å². The van der Waals surface area contributed by atoms with E-state index in [1.54, 1.807) is 25.1 Å². The van der Waals surface area contributed by atoms with Crippen molar-refractivity contribution in [3.63, 3.8) is 0 Å². The number of benzene rings is 1. The predicted molar refractivity (Wildman–Crippen MR) is 84.9 cm³/mol. The smallest absolute Gasteiger partial charge is 0.306 e. The first kappa shape index (κ1) is 17.2. The van der Waals surface area contributed by atoms with Crippen molar-refractivity contribution in [3.8, 4) is 5.75 Å². The van der Waals surface area contributed by atoms with Gasteiger partial charge >= 0.3 is 5.97 Å². The van der Waals surface area contributed by atoms with Gasteiger partial charge in [-0.25, -0.2) is 0 Å². The van der Waals surface area contributed by atoms with Crippen LogP contribution >= 0.6 is 0 Å². The summed E-state index contributed by atoms with van der Waals surface area (Å²) in [6.07, 6.45) is 3.00. The van der Waals surface area contributed by atoms with Gasteiger partial charge < -0.3 is 9.47 Å². The fourth-order valence-corrected chi connectivity index (χ4v) is 2.54. The second kappa shape index (κ2) is 7.90. The summed E-state index contributed by atoms with van der Waals surface area (Å²) in [6, 6.07) is 4.92. The maximum absolute atomic E-state index is 12.4. The minimum absolute atomic E-state index is 0.119. The highest BCUT2D eigenvalue weighted by atomic mass is 16.6. The molecule has 1 aromatic rings. The normalized spacial score (nSPS) is 16.3. The molecule has 0 radical (unpaired) electrons. The Hall–Kier alpha value is -2.17. The second-order valence-electron chi connectivity index (χ2n) is 5.54. The van der Waals surface area contributed by atoms with Crippen molar-refractivity contribution in [2.75, 3.05) is 6.61 Å². The van der Waals surface area contributed by atoms with Crippen LogP contribution in [0.1, 0.15) is 66.7 Å². The van der Waals surface area contributed by atoms with Crippen LogP contribution in [0.5, 0.6) is 5.75 Å². The number of carbonyl (C=O) groups is 3. The van der Waals surface area contributed by atoms with Crippen LogP contribution in [-0.2, 0) is 9.53 Å². The average Bonchev–Trinajstić information content (AvgIpc) is 2.80. The van der Waals surface area contributed by atoms with Gasteiger partial charge in [-0.3, -0.25) is 14.4 Å². The summed E-state index contributed by atoms with van der Waals surface area (Å²) >= 11 is 0. The molecular formula is C18H22O5. The molecule has 1 aliphatic carbocycles. The Labute approximate surface area is 136 Å². The van der Waals surface area contributed by atoms with Crippen LogP contribution in [0.3, 0.4) is 0 Å². The number of rotatable bonds is 8. The summed E-state index contributed by atoms with van der Waals surface area (Å²) in [7, 11) is 0. The Morgan fingerprint density at radius 3 is 2.57 bits per heavy atom. The molecule has 0 fully saturated rings. The Balaban J connectivity index is 2.11. The Kier molecular flexibility index (Phi) is 5.90. The first-order valence-electron chi connectivity index (χ1n) is 8.13. The second-order valence-corrected chi connectivity index (χ2v) is 5.54. The Morgan fingerprint density at radius 1 is 1.09 bits per heavy atom. The summed E-state index contributed by atoms with van der Waals surface area (Å²) in [5, 5.41) is 0. The molecule has 124 valence electrons. The molecule has 0 spiro atoms. The molecule has 1 aliphatic rings. The van der Waals surface area contributed by atoms with Crippen molar-refractivity contribution < 1.29 is 23.9 Å². The van der Waals surface area contributed by atoms with E-state index in [-0.39, 0.29) is 17.5 Å². The number of carbonyl (C=O) groups excluding carboxylic acids is 3. The lowest BCUT2D eigenvalue weighted by atomic mass is 10.1. The third-order valence-electron chi connectivity index (χ3n) is 3.81. The van der Waals surface area contributed by atoms with Gasteiger partial charge in [0.2, 0.25) is 17.7 Å². The number of ether oxygens (including phenoxy) is 2. The highest BCUT2D eigenvalue weighted by Gasteiger charge is 2.43. The lowest BCUT2D eigenvalue weighted by Crippen LogP contribution is -2.28. The van der Waals surface area contributed by atoms with Crippen LogP contribution < -0.4 is 4.74 Å². The van der Waals surface area contributed by atoms with Gasteiger partial charge in [-0.2, -0.15) is 0 Å². The van der Waals surface area contributed by atoms with Gasteiger partial charge in [0.25, 0.3) is 0 Å². The molecule has 0 aromatic heterocycles. The molecule has 1 aromatic carbocycles. The number of ketones is 2. The first-order valence-corrected chi connectivity index (χ1v) is 8.13. The fraction of sp³-hybridized carbons (Fsp3) is 0.500. The Bertz CT molecular complexity index is 605. The van der Waals surface area contributed by atoms with Gasteiger partial charge in [0.05, 0.1) is 12.2 Å². The number of fused-ring (bicyclic) bond motifs is 1. The van der Waals surface area contributed by atoms with Crippen LogP contribution in [0, 0.1) is 0 Å². The minimum Gasteiger partial charge on any atom is -0.493 e. The highest BCUT2D eigenvalue weighted by molar-refractivity contribution is 6.30. The number of hydrogen-bond acceptors (Lipinski definition) is 5. The molecule has 1 unspecified atom stereocenters. The monoisotopic (exact) mass is 318 g/mol. The van der Waals surface area contributed by atoms with E-state index in [2.05, 4.69) is 6.92 Å². The van der Waals surface area contributed by atoms with E-state index in [1.807, 2.05) is 0 Å². The minimum atomic E-state index is -1.36. The average molecular weight is 318 g/mol. The number of esters is 1. The van der Waals surface area contributed by atoms with E-state index >= 15 is 0 Å². The lowest BCUT2D eigenvalue weighted by molar-refractivity contribution is -0.144. The van der Waals surface area contributed by atoms with E-state index in [9.17, 15) is 14.4 Å². The van der Waals surface area contributed by atoms with Gasteiger partial charge in [-0.1, -0.05) is 45.2 Å². The zero-order chi connectivity index (χ0) is 16.8. The summed E-state index contributed by atoms with van der Waals surface area (Å²) in [4.78, 5) is 36.1. The maximum atomic E-state index is 12.4. The van der Waals surface area contributed by atoms with Gasteiger partial charge in [-0.15, -0.1) is 0 Å². The summed E-state index contributed by atoms with van der Waals surface area (Å²) in [6.45, 7) is 4.24. The van der Waals surface area contributed by atoms with Crippen molar-refractivity contribution in [3.05, 3.63) is 29.3 Å². The lowest BCUT2D eigenvalue weighted by Gasteiger charge is -2.10. The molecule has 0 amide bonds. The molecule has 0 N–H and O–H groups in total. The van der Waals surface area contributed by atoms with Crippen molar-refractivity contribution in [1.29, 1.82) is 0 Å². The summed E-state index contributed by atoms with van der Waals surface area (Å²) in [5.41, 5.74) is 0.511. The summed E-state index contributed by atoms with van der Waals surface area (Å²) < 4.78 is 10.7. The fourth-order valence-electron chi connectivity index (χ4n) is 2.54. The molecule has 0 bridgehead atoms. The van der Waals surface area contributed by atoms with Gasteiger partial charge in [-0.05, 0) is 12.5 Å². The van der Waals surface area contributed by atoms with E-state index in [4.69, 9.17) is 9.47 Å². The maximum Gasteiger partial charge on any atom is 0.306 e. The number of Topliss-reactive ketones (excluding diaryl/α,β-unsaturated/α-hetero) is 2. The highest BCUT2D eigenvalue weighted by Crippen LogP contribution is 2.32. The molecule has 1 atom stereocenters. The molecule has 5 nitrogen and oxygen atoms in total. The summed E-state index contributed by atoms with van der Waals surface area (Å²) in [5.74, 6) is -1.13. The van der Waals surface area contributed by atoms with Gasteiger partial charge in [0.15, 0.2) is 0 Å². The van der Waals surface area contributed by atoms with Gasteiger partial charge in [0, 0.05) is 12.0 Å². The number of hydrogen-bond donors (Lipinski definition) is 0. The van der Waals surface area contributed by atoms with Crippen LogP contribution in [0.25, 0.3) is 0 Å². The standard InChI is InChI=1S/C18H22O5/c1-3-5-6-7-11-22-13-10-8-9-12-15(13)17(21)18(16(12)20)23-14(19)4-2/h8-10,18H,3-7,11H2,1-2H3. The molecule has 2 rings (SSSR count). The van der Waals surface area contributed by atoms with Crippen molar-refractivity contribution in [2.24, 2.45) is 0 Å². The quantitative estimate of drug-likeness (QED) is 0.418. The zero-order valence-corrected chi connectivity index (χ0v) is 13.6. The first-order chi connectivity index (χ1) is 11.1. The van der Waals surface area contributed by atoms with Crippen LogP contribution in [-0.4, -0.2) is 30.2 Å².